The number of nitrogens with one attached hydrogen (secondary N) is 1. The highest BCUT2D eigenvalue weighted by molar-refractivity contribution is 5.95. The molecule has 0 spiro atoms. The van der Waals surface area contributed by atoms with Crippen molar-refractivity contribution in [2.45, 2.75) is 19.9 Å². The van der Waals surface area contributed by atoms with Crippen LogP contribution in [0.25, 0.3) is 0 Å². The largest absolute Gasteiger partial charge is 0.465 e. The third-order valence-corrected chi connectivity index (χ3v) is 2.92. The summed E-state index contributed by atoms with van der Waals surface area (Å²) in [5, 5.41) is 2.27. The average molecular weight is 286 g/mol. The van der Waals surface area contributed by atoms with E-state index in [-0.39, 0.29) is 5.69 Å². The third kappa shape index (κ3) is 3.51. The van der Waals surface area contributed by atoms with Crippen molar-refractivity contribution in [3.05, 3.63) is 29.3 Å². The second-order valence-electron chi connectivity index (χ2n) is 4.44. The minimum atomic E-state index is -1.06. The Labute approximate surface area is 115 Å². The topological polar surface area (TPSA) is 81.4 Å². The van der Waals surface area contributed by atoms with Crippen molar-refractivity contribution in [2.24, 2.45) is 11.7 Å². The van der Waals surface area contributed by atoms with Crippen LogP contribution in [-0.2, 0) is 9.53 Å². The van der Waals surface area contributed by atoms with Crippen LogP contribution in [0.3, 0.4) is 0 Å². The molecule has 0 saturated heterocycles. The molecule has 1 aromatic rings. The maximum Gasteiger partial charge on any atom is 0.340 e. The molecule has 1 rings (SSSR count). The second-order valence-corrected chi connectivity index (χ2v) is 4.44. The molecular weight excluding hydrogens is 270 g/mol. The summed E-state index contributed by atoms with van der Waals surface area (Å²) in [6.45, 7) is 3.20. The number of halogens is 2. The molecule has 0 saturated carbocycles. The van der Waals surface area contributed by atoms with Gasteiger partial charge in [0.05, 0.1) is 24.3 Å². The van der Waals surface area contributed by atoms with Gasteiger partial charge in [-0.2, -0.15) is 0 Å². The Morgan fingerprint density at radius 3 is 2.35 bits per heavy atom. The highest BCUT2D eigenvalue weighted by Gasteiger charge is 2.21. The summed E-state index contributed by atoms with van der Waals surface area (Å²) in [5.41, 5.74) is 4.80. The maximum absolute atomic E-state index is 13.6. The first-order chi connectivity index (χ1) is 9.27. The molecule has 0 aliphatic heterocycles. The lowest BCUT2D eigenvalue weighted by molar-refractivity contribution is -0.119. The van der Waals surface area contributed by atoms with E-state index in [1.165, 1.54) is 0 Å². The number of carbonyl (C=O) groups is 2. The van der Waals surface area contributed by atoms with Gasteiger partial charge in [0.1, 0.15) is 11.6 Å². The zero-order chi connectivity index (χ0) is 15.4. The van der Waals surface area contributed by atoms with E-state index in [0.29, 0.717) is 6.07 Å². The van der Waals surface area contributed by atoms with Crippen LogP contribution in [0.1, 0.15) is 24.2 Å². The molecule has 0 bridgehead atoms. The zero-order valence-corrected chi connectivity index (χ0v) is 11.4. The van der Waals surface area contributed by atoms with E-state index in [0.717, 1.165) is 13.2 Å². The lowest BCUT2D eigenvalue weighted by Gasteiger charge is -2.16. The number of carbonyl (C=O) groups excluding carboxylic acids is 2. The van der Waals surface area contributed by atoms with E-state index in [1.54, 1.807) is 13.8 Å². The maximum atomic E-state index is 13.6. The number of nitrogens with two attached hydrogens (primary N) is 1. The molecule has 0 aromatic heterocycles. The van der Waals surface area contributed by atoms with Gasteiger partial charge in [0.25, 0.3) is 0 Å². The van der Waals surface area contributed by atoms with Gasteiger partial charge in [-0.1, -0.05) is 6.92 Å². The Morgan fingerprint density at radius 1 is 1.25 bits per heavy atom. The Hall–Kier alpha value is -2.02. The number of methoxy groups -OCH3 is 1. The van der Waals surface area contributed by atoms with Gasteiger partial charge in [0, 0.05) is 12.1 Å². The predicted molar refractivity (Wildman–Crippen MR) is 69.1 cm³/mol. The molecule has 110 valence electrons. The molecule has 2 unspecified atom stereocenters. The third-order valence-electron chi connectivity index (χ3n) is 2.92. The molecule has 1 aromatic carbocycles. The molecule has 0 aliphatic rings. The number of rotatable bonds is 4. The molecular formula is C13H16F2N2O3. The van der Waals surface area contributed by atoms with E-state index < -0.39 is 41.0 Å². The highest BCUT2D eigenvalue weighted by Crippen LogP contribution is 2.21. The average Bonchev–Trinajstić information content (AvgIpc) is 2.39. The van der Waals surface area contributed by atoms with Gasteiger partial charge in [0.15, 0.2) is 0 Å². The molecule has 0 fully saturated rings. The first-order valence-corrected chi connectivity index (χ1v) is 5.91. The number of anilines is 1. The fourth-order valence-electron chi connectivity index (χ4n) is 1.40. The van der Waals surface area contributed by atoms with Crippen molar-refractivity contribution in [2.75, 3.05) is 12.4 Å². The summed E-state index contributed by atoms with van der Waals surface area (Å²) in [5.74, 6) is -4.10. The summed E-state index contributed by atoms with van der Waals surface area (Å²) in [4.78, 5) is 23.1. The van der Waals surface area contributed by atoms with E-state index in [4.69, 9.17) is 5.73 Å². The van der Waals surface area contributed by atoms with Crippen molar-refractivity contribution in [3.8, 4) is 0 Å². The van der Waals surface area contributed by atoms with Crippen LogP contribution in [0.15, 0.2) is 12.1 Å². The summed E-state index contributed by atoms with van der Waals surface area (Å²) < 4.78 is 31.4. The van der Waals surface area contributed by atoms with E-state index in [1.807, 2.05) is 0 Å². The van der Waals surface area contributed by atoms with Crippen molar-refractivity contribution in [1.29, 1.82) is 0 Å². The number of hydrogen-bond donors (Lipinski definition) is 2. The predicted octanol–water partition coefficient (Wildman–Crippen LogP) is 1.67. The Kier molecular flexibility index (Phi) is 5.15. The molecule has 7 heteroatoms. The number of benzene rings is 1. The Morgan fingerprint density at radius 2 is 1.85 bits per heavy atom. The van der Waals surface area contributed by atoms with Crippen molar-refractivity contribution >= 4 is 17.6 Å². The fourth-order valence-corrected chi connectivity index (χ4v) is 1.40. The van der Waals surface area contributed by atoms with Gasteiger partial charge in [-0.15, -0.1) is 0 Å². The van der Waals surface area contributed by atoms with Gasteiger partial charge in [-0.25, -0.2) is 13.6 Å². The molecule has 2 atom stereocenters. The van der Waals surface area contributed by atoms with Crippen LogP contribution in [0.2, 0.25) is 0 Å². The fraction of sp³-hybridized carbons (Fsp3) is 0.385. The van der Waals surface area contributed by atoms with Gasteiger partial charge >= 0.3 is 5.97 Å². The molecule has 1 amide bonds. The van der Waals surface area contributed by atoms with Crippen LogP contribution in [0.5, 0.6) is 0 Å². The number of esters is 1. The Bertz CT molecular complexity index is 533. The number of amides is 1. The quantitative estimate of drug-likeness (QED) is 0.825. The minimum absolute atomic E-state index is 0.302. The summed E-state index contributed by atoms with van der Waals surface area (Å²) in [6.07, 6.45) is 0. The van der Waals surface area contributed by atoms with E-state index in [2.05, 4.69) is 10.1 Å². The summed E-state index contributed by atoms with van der Waals surface area (Å²) in [7, 11) is 1.07. The molecule has 20 heavy (non-hydrogen) atoms. The smallest absolute Gasteiger partial charge is 0.340 e. The second kappa shape index (κ2) is 6.42. The molecule has 0 aliphatic carbocycles. The lowest BCUT2D eigenvalue weighted by atomic mass is 10.0. The standard InChI is InChI=1S/C13H16F2N2O3/c1-6(7(2)16)12(18)17-11-4-8(13(19)20-3)9(14)5-10(11)15/h4-7H,16H2,1-3H3,(H,17,18). The monoisotopic (exact) mass is 286 g/mol. The van der Waals surface area contributed by atoms with Crippen LogP contribution in [0, 0.1) is 17.6 Å². The summed E-state index contributed by atoms with van der Waals surface area (Å²) in [6, 6.07) is 0.972. The first kappa shape index (κ1) is 16.0. The molecule has 3 N–H and O–H groups in total. The van der Waals surface area contributed by atoms with Crippen molar-refractivity contribution in [1.82, 2.24) is 0 Å². The van der Waals surface area contributed by atoms with Crippen molar-refractivity contribution in [3.63, 3.8) is 0 Å². The zero-order valence-electron chi connectivity index (χ0n) is 11.4. The van der Waals surface area contributed by atoms with Crippen LogP contribution >= 0.6 is 0 Å². The first-order valence-electron chi connectivity index (χ1n) is 5.91. The summed E-state index contributed by atoms with van der Waals surface area (Å²) >= 11 is 0. The van der Waals surface area contributed by atoms with Crippen molar-refractivity contribution < 1.29 is 23.1 Å². The van der Waals surface area contributed by atoms with Crippen LogP contribution in [-0.4, -0.2) is 25.0 Å². The lowest BCUT2D eigenvalue weighted by Crippen LogP contribution is -2.34. The van der Waals surface area contributed by atoms with Gasteiger partial charge in [-0.3, -0.25) is 4.79 Å². The Balaban J connectivity index is 3.07. The number of hydrogen-bond acceptors (Lipinski definition) is 4. The normalized spacial score (nSPS) is 13.5. The number of ether oxygens (including phenoxy) is 1. The van der Waals surface area contributed by atoms with Gasteiger partial charge < -0.3 is 15.8 Å². The van der Waals surface area contributed by atoms with E-state index in [9.17, 15) is 18.4 Å². The molecule has 0 radical (unpaired) electrons. The SMILES string of the molecule is COC(=O)c1cc(NC(=O)C(C)C(C)N)c(F)cc1F. The molecule has 0 heterocycles. The van der Waals surface area contributed by atoms with Crippen LogP contribution < -0.4 is 11.1 Å². The van der Waals surface area contributed by atoms with E-state index >= 15 is 0 Å². The molecule has 5 nitrogen and oxygen atoms in total. The highest BCUT2D eigenvalue weighted by atomic mass is 19.1. The van der Waals surface area contributed by atoms with Crippen LogP contribution in [0.4, 0.5) is 14.5 Å². The minimum Gasteiger partial charge on any atom is -0.465 e. The van der Waals surface area contributed by atoms with Gasteiger partial charge in [-0.05, 0) is 13.0 Å². The van der Waals surface area contributed by atoms with Gasteiger partial charge in [0.2, 0.25) is 5.91 Å².